The number of likely N-dealkylation sites (tertiary alicyclic amines) is 2. The molecule has 0 saturated carbocycles. The Labute approximate surface area is 132 Å². The molecule has 5 nitrogen and oxygen atoms in total. The predicted molar refractivity (Wildman–Crippen MR) is 85.5 cm³/mol. The maximum atomic E-state index is 11.6. The third-order valence-corrected chi connectivity index (χ3v) is 5.04. The van der Waals surface area contributed by atoms with Crippen LogP contribution in [0.4, 0.5) is 0 Å². The van der Waals surface area contributed by atoms with Crippen molar-refractivity contribution in [3.63, 3.8) is 0 Å². The van der Waals surface area contributed by atoms with Crippen molar-refractivity contribution in [1.82, 2.24) is 19.8 Å². The molecule has 0 radical (unpaired) electrons. The zero-order valence-corrected chi connectivity index (χ0v) is 13.7. The van der Waals surface area contributed by atoms with Gasteiger partial charge in [0.05, 0.1) is 0 Å². The van der Waals surface area contributed by atoms with Gasteiger partial charge in [0.25, 0.3) is 0 Å². The van der Waals surface area contributed by atoms with Crippen LogP contribution < -0.4 is 0 Å². The van der Waals surface area contributed by atoms with Crippen molar-refractivity contribution in [2.75, 3.05) is 33.2 Å². The third kappa shape index (κ3) is 3.64. The van der Waals surface area contributed by atoms with Crippen LogP contribution in [0.15, 0.2) is 12.3 Å². The van der Waals surface area contributed by atoms with E-state index in [1.54, 1.807) is 0 Å². The van der Waals surface area contributed by atoms with E-state index in [1.165, 1.54) is 18.5 Å². The fourth-order valence-corrected chi connectivity index (χ4v) is 3.73. The van der Waals surface area contributed by atoms with Crippen LogP contribution in [0.1, 0.15) is 43.1 Å². The fraction of sp³-hybridized carbons (Fsp3) is 0.706. The van der Waals surface area contributed by atoms with E-state index in [0.717, 1.165) is 44.8 Å². The number of nitrogens with zero attached hydrogens (tertiary/aromatic N) is 4. The highest BCUT2D eigenvalue weighted by atomic mass is 16.2. The molecule has 120 valence electrons. The summed E-state index contributed by atoms with van der Waals surface area (Å²) in [5.41, 5.74) is 1.20. The second kappa shape index (κ2) is 6.73. The first-order valence-corrected chi connectivity index (χ1v) is 8.37. The van der Waals surface area contributed by atoms with Gasteiger partial charge in [-0.25, -0.2) is 9.97 Å². The van der Waals surface area contributed by atoms with E-state index < -0.39 is 0 Å². The number of aryl methyl sites for hydroxylation is 1. The quantitative estimate of drug-likeness (QED) is 0.855. The van der Waals surface area contributed by atoms with Crippen LogP contribution in [-0.4, -0.2) is 58.9 Å². The minimum atomic E-state index is 0.300. The molecular formula is C17H26N4O. The highest BCUT2D eigenvalue weighted by Crippen LogP contribution is 2.27. The summed E-state index contributed by atoms with van der Waals surface area (Å²) in [6.45, 7) is 6.29. The maximum absolute atomic E-state index is 11.6. The van der Waals surface area contributed by atoms with E-state index in [2.05, 4.69) is 20.9 Å². The lowest BCUT2D eigenvalue weighted by Gasteiger charge is -2.37. The monoisotopic (exact) mass is 302 g/mol. The molecular weight excluding hydrogens is 276 g/mol. The van der Waals surface area contributed by atoms with Gasteiger partial charge in [0.15, 0.2) is 0 Å². The SMILES string of the molecule is Cc1nccc(C2CCN(CC3CCC(=O)N(C)C3)CC2)n1. The van der Waals surface area contributed by atoms with E-state index in [1.807, 2.05) is 25.1 Å². The number of carbonyl (C=O) groups is 1. The van der Waals surface area contributed by atoms with Gasteiger partial charge in [-0.15, -0.1) is 0 Å². The molecule has 3 heterocycles. The van der Waals surface area contributed by atoms with Crippen LogP contribution >= 0.6 is 0 Å². The first kappa shape index (κ1) is 15.4. The van der Waals surface area contributed by atoms with E-state index in [0.29, 0.717) is 17.7 Å². The average Bonchev–Trinajstić information content (AvgIpc) is 2.52. The van der Waals surface area contributed by atoms with E-state index in [4.69, 9.17) is 0 Å². The molecule has 0 aliphatic carbocycles. The summed E-state index contributed by atoms with van der Waals surface area (Å²) in [7, 11) is 1.93. The molecule has 0 aromatic carbocycles. The normalized spacial score (nSPS) is 24.7. The fourth-order valence-electron chi connectivity index (χ4n) is 3.73. The summed E-state index contributed by atoms with van der Waals surface area (Å²) in [4.78, 5) is 24.8. The first-order chi connectivity index (χ1) is 10.6. The lowest BCUT2D eigenvalue weighted by atomic mass is 9.91. The molecule has 3 rings (SSSR count). The number of carbonyl (C=O) groups excluding carboxylic acids is 1. The van der Waals surface area contributed by atoms with Crippen molar-refractivity contribution < 1.29 is 4.79 Å². The molecule has 1 aromatic rings. The number of hydrogen-bond acceptors (Lipinski definition) is 4. The van der Waals surface area contributed by atoms with Crippen LogP contribution in [-0.2, 0) is 4.79 Å². The van der Waals surface area contributed by atoms with Crippen LogP contribution in [0.2, 0.25) is 0 Å². The Balaban J connectivity index is 1.49. The van der Waals surface area contributed by atoms with Crippen molar-refractivity contribution in [2.24, 2.45) is 5.92 Å². The molecule has 5 heteroatoms. The Hall–Kier alpha value is -1.49. The van der Waals surface area contributed by atoms with Gasteiger partial charge >= 0.3 is 0 Å². The Bertz CT molecular complexity index is 525. The second-order valence-electron chi connectivity index (χ2n) is 6.78. The number of amides is 1. The van der Waals surface area contributed by atoms with Crippen molar-refractivity contribution >= 4 is 5.91 Å². The lowest BCUT2D eigenvalue weighted by Crippen LogP contribution is -2.43. The van der Waals surface area contributed by atoms with Gasteiger partial charge in [0, 0.05) is 44.4 Å². The molecule has 0 N–H and O–H groups in total. The van der Waals surface area contributed by atoms with Gasteiger partial charge in [-0.3, -0.25) is 4.79 Å². The zero-order valence-electron chi connectivity index (χ0n) is 13.7. The molecule has 22 heavy (non-hydrogen) atoms. The summed E-state index contributed by atoms with van der Waals surface area (Å²) < 4.78 is 0. The molecule has 1 atom stereocenters. The minimum absolute atomic E-state index is 0.300. The van der Waals surface area contributed by atoms with Crippen molar-refractivity contribution in [3.8, 4) is 0 Å². The minimum Gasteiger partial charge on any atom is -0.345 e. The van der Waals surface area contributed by atoms with Gasteiger partial charge in [0.2, 0.25) is 5.91 Å². The first-order valence-electron chi connectivity index (χ1n) is 8.37. The Morgan fingerprint density at radius 2 is 2.05 bits per heavy atom. The van der Waals surface area contributed by atoms with E-state index >= 15 is 0 Å². The van der Waals surface area contributed by atoms with E-state index in [9.17, 15) is 4.79 Å². The molecule has 1 amide bonds. The number of aromatic nitrogens is 2. The highest BCUT2D eigenvalue weighted by Gasteiger charge is 2.27. The smallest absolute Gasteiger partial charge is 0.222 e. The second-order valence-corrected chi connectivity index (χ2v) is 6.78. The lowest BCUT2D eigenvalue weighted by molar-refractivity contribution is -0.133. The Kier molecular flexibility index (Phi) is 4.71. The third-order valence-electron chi connectivity index (χ3n) is 5.04. The molecule has 0 bridgehead atoms. The van der Waals surface area contributed by atoms with Gasteiger partial charge in [-0.1, -0.05) is 0 Å². The molecule has 1 aromatic heterocycles. The van der Waals surface area contributed by atoms with Crippen LogP contribution in [0.3, 0.4) is 0 Å². The molecule has 2 aliphatic rings. The van der Waals surface area contributed by atoms with Crippen molar-refractivity contribution in [1.29, 1.82) is 0 Å². The van der Waals surface area contributed by atoms with Gasteiger partial charge in [0.1, 0.15) is 5.82 Å². The van der Waals surface area contributed by atoms with Gasteiger partial charge in [-0.2, -0.15) is 0 Å². The molecule has 2 saturated heterocycles. The van der Waals surface area contributed by atoms with Gasteiger partial charge < -0.3 is 9.80 Å². The predicted octanol–water partition coefficient (Wildman–Crippen LogP) is 1.83. The summed E-state index contributed by atoms with van der Waals surface area (Å²) in [6, 6.07) is 2.06. The summed E-state index contributed by atoms with van der Waals surface area (Å²) in [6.07, 6.45) is 6.00. The summed E-state index contributed by atoms with van der Waals surface area (Å²) >= 11 is 0. The van der Waals surface area contributed by atoms with Crippen LogP contribution in [0.25, 0.3) is 0 Å². The molecule has 0 spiro atoms. The van der Waals surface area contributed by atoms with Gasteiger partial charge in [-0.05, 0) is 51.3 Å². The Morgan fingerprint density at radius 1 is 1.27 bits per heavy atom. The molecule has 1 unspecified atom stereocenters. The molecule has 2 fully saturated rings. The van der Waals surface area contributed by atoms with Crippen LogP contribution in [0, 0.1) is 12.8 Å². The number of hydrogen-bond donors (Lipinski definition) is 0. The maximum Gasteiger partial charge on any atom is 0.222 e. The number of rotatable bonds is 3. The average molecular weight is 302 g/mol. The number of piperidine rings is 2. The summed E-state index contributed by atoms with van der Waals surface area (Å²) in [5.74, 6) is 2.39. The zero-order chi connectivity index (χ0) is 15.5. The topological polar surface area (TPSA) is 49.3 Å². The van der Waals surface area contributed by atoms with E-state index in [-0.39, 0.29) is 0 Å². The van der Waals surface area contributed by atoms with Crippen molar-refractivity contribution in [3.05, 3.63) is 23.8 Å². The van der Waals surface area contributed by atoms with Crippen LogP contribution in [0.5, 0.6) is 0 Å². The summed E-state index contributed by atoms with van der Waals surface area (Å²) in [5, 5.41) is 0. The Morgan fingerprint density at radius 3 is 2.73 bits per heavy atom. The standard InChI is InChI=1S/C17H26N4O/c1-13-18-8-5-16(19-13)15-6-9-21(10-7-15)12-14-3-4-17(22)20(2)11-14/h5,8,14-15H,3-4,6-7,9-12H2,1-2H3. The highest BCUT2D eigenvalue weighted by molar-refractivity contribution is 5.76. The molecule has 2 aliphatic heterocycles. The largest absolute Gasteiger partial charge is 0.345 e. The van der Waals surface area contributed by atoms with Crippen molar-refractivity contribution in [2.45, 2.75) is 38.5 Å².